The zero-order valence-electron chi connectivity index (χ0n) is 19.7. The van der Waals surface area contributed by atoms with Crippen molar-refractivity contribution in [3.05, 3.63) is 78.6 Å². The Kier molecular flexibility index (Phi) is 8.89. The summed E-state index contributed by atoms with van der Waals surface area (Å²) in [4.78, 5) is 29.3. The van der Waals surface area contributed by atoms with Crippen LogP contribution in [0.15, 0.2) is 72.9 Å². The number of nitrogens with one attached hydrogen (secondary N) is 1. The number of methoxy groups -OCH3 is 1. The van der Waals surface area contributed by atoms with Gasteiger partial charge in [-0.3, -0.25) is 4.79 Å². The van der Waals surface area contributed by atoms with E-state index < -0.39 is 35.9 Å². The number of hydrogen-bond donors (Lipinski definition) is 2. The van der Waals surface area contributed by atoms with E-state index in [4.69, 9.17) is 18.9 Å². The first kappa shape index (κ1) is 25.4. The summed E-state index contributed by atoms with van der Waals surface area (Å²) in [5, 5.41) is 12.6. The van der Waals surface area contributed by atoms with Crippen LogP contribution in [0.3, 0.4) is 0 Å². The molecule has 0 radical (unpaired) electrons. The highest BCUT2D eigenvalue weighted by Crippen LogP contribution is 2.27. The number of esters is 1. The Hall–Kier alpha value is -4.27. The van der Waals surface area contributed by atoms with Crippen LogP contribution in [0.4, 0.5) is 0 Å². The maximum atomic E-state index is 12.8. The largest absolute Gasteiger partial charge is 0.503 e. The molecule has 2 N–H and O–H groups in total. The first-order valence-corrected chi connectivity index (χ1v) is 11.0. The number of aromatic hydroxyl groups is 1. The number of ether oxygens (including phenoxy) is 4. The summed E-state index contributed by atoms with van der Waals surface area (Å²) in [6, 6.07) is 18.6. The van der Waals surface area contributed by atoms with Gasteiger partial charge in [-0.1, -0.05) is 36.4 Å². The molecule has 2 aromatic carbocycles. The topological polar surface area (TPSA) is 116 Å². The molecule has 3 aromatic rings. The normalized spacial score (nSPS) is 13.1. The summed E-state index contributed by atoms with van der Waals surface area (Å²) in [6.07, 6.45) is -0.0293. The smallest absolute Gasteiger partial charge is 0.328 e. The minimum Gasteiger partial charge on any atom is -0.503 e. The molecule has 0 aliphatic rings. The van der Waals surface area contributed by atoms with Gasteiger partial charge in [0.15, 0.2) is 23.3 Å². The van der Waals surface area contributed by atoms with E-state index in [-0.39, 0.29) is 18.1 Å². The average molecular weight is 481 g/mol. The van der Waals surface area contributed by atoms with Crippen LogP contribution >= 0.6 is 0 Å². The second-order valence-corrected chi connectivity index (χ2v) is 7.64. The van der Waals surface area contributed by atoms with Gasteiger partial charge in [-0.05, 0) is 38.1 Å². The van der Waals surface area contributed by atoms with E-state index in [9.17, 15) is 14.7 Å². The zero-order chi connectivity index (χ0) is 25.2. The Morgan fingerprint density at radius 3 is 2.23 bits per heavy atom. The number of hydrogen-bond acceptors (Lipinski definition) is 8. The number of benzene rings is 2. The monoisotopic (exact) mass is 480 g/mol. The maximum absolute atomic E-state index is 12.8. The molecular formula is C26H28N2O7. The van der Waals surface area contributed by atoms with Crippen molar-refractivity contribution in [2.24, 2.45) is 0 Å². The number of para-hydroxylation sites is 2. The summed E-state index contributed by atoms with van der Waals surface area (Å²) in [6.45, 7) is 3.26. The molecule has 1 amide bonds. The van der Waals surface area contributed by atoms with Crippen LogP contribution in [0, 0.1) is 0 Å². The second-order valence-electron chi connectivity index (χ2n) is 7.64. The van der Waals surface area contributed by atoms with E-state index >= 15 is 0 Å². The van der Waals surface area contributed by atoms with Gasteiger partial charge in [0.2, 0.25) is 0 Å². The lowest BCUT2D eigenvalue weighted by molar-refractivity contribution is -0.157. The quantitative estimate of drug-likeness (QED) is 0.401. The van der Waals surface area contributed by atoms with Gasteiger partial charge in [0.05, 0.1) is 7.11 Å². The summed E-state index contributed by atoms with van der Waals surface area (Å²) in [5.74, 6) is -0.567. The molecule has 3 atom stereocenters. The number of pyridine rings is 1. The highest BCUT2D eigenvalue weighted by Gasteiger charge is 2.29. The summed E-state index contributed by atoms with van der Waals surface area (Å²) in [7, 11) is 1.35. The third-order valence-electron chi connectivity index (χ3n) is 5.04. The molecule has 0 saturated carbocycles. The molecule has 3 rings (SSSR count). The van der Waals surface area contributed by atoms with E-state index in [0.717, 1.165) is 0 Å². The van der Waals surface area contributed by atoms with Gasteiger partial charge in [-0.15, -0.1) is 0 Å². The molecule has 35 heavy (non-hydrogen) atoms. The Morgan fingerprint density at radius 1 is 0.971 bits per heavy atom. The number of amides is 1. The summed E-state index contributed by atoms with van der Waals surface area (Å²) < 4.78 is 22.4. The van der Waals surface area contributed by atoms with E-state index in [0.29, 0.717) is 11.5 Å². The fraction of sp³-hybridized carbons (Fsp3) is 0.269. The van der Waals surface area contributed by atoms with Crippen LogP contribution < -0.4 is 19.5 Å². The molecule has 0 fully saturated rings. The molecular weight excluding hydrogens is 452 g/mol. The van der Waals surface area contributed by atoms with Gasteiger partial charge in [-0.25, -0.2) is 9.78 Å². The van der Waals surface area contributed by atoms with Crippen molar-refractivity contribution < 1.29 is 33.6 Å². The number of aromatic nitrogens is 1. The lowest BCUT2D eigenvalue weighted by atomic mass is 10.2. The van der Waals surface area contributed by atoms with Crippen LogP contribution in [0.1, 0.15) is 24.3 Å². The highest BCUT2D eigenvalue weighted by molar-refractivity contribution is 5.97. The maximum Gasteiger partial charge on any atom is 0.328 e. The van der Waals surface area contributed by atoms with Crippen molar-refractivity contribution in [1.29, 1.82) is 0 Å². The Morgan fingerprint density at radius 2 is 1.60 bits per heavy atom. The van der Waals surface area contributed by atoms with Gasteiger partial charge < -0.3 is 29.4 Å². The molecule has 9 nitrogen and oxygen atoms in total. The molecule has 0 unspecified atom stereocenters. The van der Waals surface area contributed by atoms with Gasteiger partial charge in [-0.2, -0.15) is 0 Å². The number of carbonyl (C=O) groups is 2. The van der Waals surface area contributed by atoms with Crippen LogP contribution in [-0.4, -0.2) is 53.9 Å². The number of nitrogens with zero attached hydrogens (tertiary/aromatic N) is 1. The third kappa shape index (κ3) is 7.10. The number of carbonyl (C=O) groups excluding carboxylic acids is 2. The summed E-state index contributed by atoms with van der Waals surface area (Å²) >= 11 is 0. The molecule has 0 spiro atoms. The average Bonchev–Trinajstić information content (AvgIpc) is 2.87. The van der Waals surface area contributed by atoms with Crippen molar-refractivity contribution in [2.45, 2.75) is 32.1 Å². The molecule has 0 saturated heterocycles. The Labute approximate surface area is 203 Å². The molecule has 184 valence electrons. The molecule has 0 aliphatic heterocycles. The van der Waals surface area contributed by atoms with E-state index in [1.165, 1.54) is 26.3 Å². The van der Waals surface area contributed by atoms with E-state index in [2.05, 4.69) is 10.3 Å². The summed E-state index contributed by atoms with van der Waals surface area (Å²) in [5.41, 5.74) is -0.270. The van der Waals surface area contributed by atoms with Crippen LogP contribution in [0.2, 0.25) is 0 Å². The molecule has 0 bridgehead atoms. The molecule has 0 aliphatic carbocycles. The SMILES string of the molecule is COc1ccnc(C(=O)N[C@@H](C)C(=O)O[C@H](COc2ccccc2)[C@H](C)Oc2ccccc2)c1O. The minimum atomic E-state index is -1.04. The van der Waals surface area contributed by atoms with E-state index in [1.54, 1.807) is 31.2 Å². The Balaban J connectivity index is 1.67. The predicted molar refractivity (Wildman–Crippen MR) is 128 cm³/mol. The molecule has 9 heteroatoms. The van der Waals surface area contributed by atoms with Crippen LogP contribution in [-0.2, 0) is 9.53 Å². The predicted octanol–water partition coefficient (Wildman–Crippen LogP) is 3.37. The Bertz CT molecular complexity index is 1110. The van der Waals surface area contributed by atoms with Gasteiger partial charge >= 0.3 is 5.97 Å². The van der Waals surface area contributed by atoms with Gasteiger partial charge in [0.1, 0.15) is 30.3 Å². The van der Waals surface area contributed by atoms with Gasteiger partial charge in [0, 0.05) is 12.3 Å². The fourth-order valence-electron chi connectivity index (χ4n) is 3.09. The zero-order valence-corrected chi connectivity index (χ0v) is 19.7. The van der Waals surface area contributed by atoms with Crippen molar-refractivity contribution in [3.8, 4) is 23.0 Å². The first-order valence-electron chi connectivity index (χ1n) is 11.0. The van der Waals surface area contributed by atoms with E-state index in [1.807, 2.05) is 36.4 Å². The second kappa shape index (κ2) is 12.3. The minimum absolute atomic E-state index is 0.0304. The van der Waals surface area contributed by atoms with Crippen molar-refractivity contribution in [2.75, 3.05) is 13.7 Å². The third-order valence-corrected chi connectivity index (χ3v) is 5.04. The lowest BCUT2D eigenvalue weighted by Crippen LogP contribution is -2.45. The van der Waals surface area contributed by atoms with Gasteiger partial charge in [0.25, 0.3) is 5.91 Å². The van der Waals surface area contributed by atoms with Crippen LogP contribution in [0.25, 0.3) is 0 Å². The first-order chi connectivity index (χ1) is 16.9. The van der Waals surface area contributed by atoms with Crippen LogP contribution in [0.5, 0.6) is 23.0 Å². The lowest BCUT2D eigenvalue weighted by Gasteiger charge is -2.26. The molecule has 1 aromatic heterocycles. The highest BCUT2D eigenvalue weighted by atomic mass is 16.6. The molecule has 1 heterocycles. The standard InChI is InChI=1S/C26H28N2O7/c1-17(28-25(30)23-24(29)21(32-3)14-15-27-23)26(31)35-22(16-33-19-10-6-4-7-11-19)18(2)34-20-12-8-5-9-13-20/h4-15,17-18,22,29H,16H2,1-3H3,(H,28,30)/t17-,18-,22+/m0/s1. The fourth-order valence-corrected chi connectivity index (χ4v) is 3.09. The van der Waals surface area contributed by atoms with Crippen molar-refractivity contribution in [3.63, 3.8) is 0 Å². The van der Waals surface area contributed by atoms with Crippen molar-refractivity contribution >= 4 is 11.9 Å². The number of rotatable bonds is 11. The van der Waals surface area contributed by atoms with Crippen molar-refractivity contribution in [1.82, 2.24) is 10.3 Å².